The molecule has 0 aromatic carbocycles. The minimum Gasteiger partial charge on any atom is -0.477 e. The highest BCUT2D eigenvalue weighted by atomic mass is 32.1. The average Bonchev–Trinajstić information content (AvgIpc) is 2.85. The van der Waals surface area contributed by atoms with Gasteiger partial charge in [-0.2, -0.15) is 18.3 Å². The number of thiophene rings is 1. The van der Waals surface area contributed by atoms with Gasteiger partial charge in [-0.05, 0) is 18.2 Å². The van der Waals surface area contributed by atoms with E-state index in [1.807, 2.05) is 5.10 Å². The summed E-state index contributed by atoms with van der Waals surface area (Å²) in [6.07, 6.45) is -4.49. The number of alkyl halides is 3. The summed E-state index contributed by atoms with van der Waals surface area (Å²) in [7, 11) is 0. The molecule has 2 aromatic heterocycles. The van der Waals surface area contributed by atoms with E-state index in [9.17, 15) is 18.0 Å². The molecule has 0 aliphatic heterocycles. The lowest BCUT2D eigenvalue weighted by molar-refractivity contribution is -0.141. The predicted octanol–water partition coefficient (Wildman–Crippen LogP) is 2.86. The maximum atomic E-state index is 12.3. The molecule has 2 heterocycles. The number of rotatable bonds is 2. The number of carbonyl (C=O) groups is 1. The Kier molecular flexibility index (Phi) is 2.66. The Morgan fingerprint density at radius 2 is 2.12 bits per heavy atom. The van der Waals surface area contributed by atoms with Crippen LogP contribution in [0.1, 0.15) is 15.4 Å². The lowest BCUT2D eigenvalue weighted by Crippen LogP contribution is -2.04. The summed E-state index contributed by atoms with van der Waals surface area (Å²) in [6, 6.07) is 3.59. The third-order valence-corrected chi connectivity index (χ3v) is 3.05. The number of hydrogen-bond acceptors (Lipinski definition) is 3. The van der Waals surface area contributed by atoms with Gasteiger partial charge in [0.15, 0.2) is 0 Å². The molecule has 0 aliphatic rings. The van der Waals surface area contributed by atoms with Gasteiger partial charge in [0.25, 0.3) is 0 Å². The number of carboxylic acid groups (broad SMARTS) is 1. The van der Waals surface area contributed by atoms with E-state index in [0.717, 1.165) is 17.4 Å². The normalized spacial score (nSPS) is 11.7. The molecular weight excluding hydrogens is 257 g/mol. The maximum Gasteiger partial charge on any atom is 0.432 e. The van der Waals surface area contributed by atoms with Gasteiger partial charge in [-0.25, -0.2) is 4.79 Å². The number of nitrogens with zero attached hydrogens (tertiary/aromatic N) is 1. The highest BCUT2D eigenvalue weighted by molar-refractivity contribution is 7.17. The molecule has 0 aliphatic carbocycles. The quantitative estimate of drug-likeness (QED) is 0.874. The summed E-state index contributed by atoms with van der Waals surface area (Å²) >= 11 is 0.869. The van der Waals surface area contributed by atoms with Crippen molar-refractivity contribution in [2.45, 2.75) is 6.18 Å². The summed E-state index contributed by atoms with van der Waals surface area (Å²) < 4.78 is 36.9. The van der Waals surface area contributed by atoms with Crippen LogP contribution in [0.4, 0.5) is 13.2 Å². The van der Waals surface area contributed by atoms with E-state index in [0.29, 0.717) is 4.88 Å². The third kappa shape index (κ3) is 2.31. The monoisotopic (exact) mass is 262 g/mol. The molecule has 2 N–H and O–H groups in total. The zero-order valence-electron chi connectivity index (χ0n) is 8.08. The fourth-order valence-corrected chi connectivity index (χ4v) is 1.99. The van der Waals surface area contributed by atoms with Crippen molar-refractivity contribution in [1.82, 2.24) is 10.2 Å². The van der Waals surface area contributed by atoms with Crippen molar-refractivity contribution in [2.75, 3.05) is 0 Å². The van der Waals surface area contributed by atoms with E-state index in [2.05, 4.69) is 5.10 Å². The molecule has 0 fully saturated rings. The number of carboxylic acids is 1. The van der Waals surface area contributed by atoms with Crippen LogP contribution >= 0.6 is 11.3 Å². The molecule has 0 spiro atoms. The van der Waals surface area contributed by atoms with E-state index in [1.54, 1.807) is 0 Å². The van der Waals surface area contributed by atoms with E-state index in [4.69, 9.17) is 5.11 Å². The van der Waals surface area contributed by atoms with Crippen LogP contribution in [0.25, 0.3) is 10.6 Å². The number of aromatic amines is 1. The first-order valence-corrected chi connectivity index (χ1v) is 5.15. The molecule has 17 heavy (non-hydrogen) atoms. The Balaban J connectivity index is 2.34. The van der Waals surface area contributed by atoms with Gasteiger partial charge in [-0.15, -0.1) is 11.3 Å². The third-order valence-electron chi connectivity index (χ3n) is 1.95. The standard InChI is InChI=1S/C9H5F3N2O2S/c10-9(11,12)7-3-4(13-14-7)5-1-2-6(17-5)8(15)16/h1-3H,(H,13,14)(H,15,16). The Labute approximate surface area is 96.7 Å². The van der Waals surface area contributed by atoms with Crippen molar-refractivity contribution < 1.29 is 23.1 Å². The summed E-state index contributed by atoms with van der Waals surface area (Å²) in [5, 5.41) is 14.0. The van der Waals surface area contributed by atoms with Crippen molar-refractivity contribution in [3.8, 4) is 10.6 Å². The van der Waals surface area contributed by atoms with Crippen LogP contribution in [0.2, 0.25) is 0 Å². The number of aromatic nitrogens is 2. The van der Waals surface area contributed by atoms with Crippen molar-refractivity contribution in [1.29, 1.82) is 0 Å². The minimum atomic E-state index is -4.49. The Hall–Kier alpha value is -1.83. The van der Waals surface area contributed by atoms with Gasteiger partial charge in [0, 0.05) is 0 Å². The van der Waals surface area contributed by atoms with E-state index in [-0.39, 0.29) is 10.6 Å². The highest BCUT2D eigenvalue weighted by Gasteiger charge is 2.33. The number of H-pyrrole nitrogens is 1. The van der Waals surface area contributed by atoms with Gasteiger partial charge in [0.1, 0.15) is 16.3 Å². The number of hydrogen-bond donors (Lipinski definition) is 2. The maximum absolute atomic E-state index is 12.3. The Bertz CT molecular complexity index is 559. The SMILES string of the molecule is O=C(O)c1ccc(-c2cc(C(F)(F)F)[nH]n2)s1. The first-order valence-electron chi connectivity index (χ1n) is 4.34. The minimum absolute atomic E-state index is 0.0524. The smallest absolute Gasteiger partial charge is 0.432 e. The summed E-state index contributed by atoms with van der Waals surface area (Å²) in [5.41, 5.74) is -0.882. The van der Waals surface area contributed by atoms with Gasteiger partial charge < -0.3 is 5.11 Å². The Morgan fingerprint density at radius 1 is 1.41 bits per heavy atom. The molecule has 0 radical (unpaired) electrons. The second kappa shape index (κ2) is 3.88. The van der Waals surface area contributed by atoms with Gasteiger partial charge in [0.05, 0.1) is 4.88 Å². The molecule has 0 saturated carbocycles. The average molecular weight is 262 g/mol. The number of nitrogens with one attached hydrogen (secondary N) is 1. The van der Waals surface area contributed by atoms with Crippen LogP contribution < -0.4 is 0 Å². The lowest BCUT2D eigenvalue weighted by atomic mass is 10.3. The van der Waals surface area contributed by atoms with Crippen LogP contribution in [0.15, 0.2) is 18.2 Å². The van der Waals surface area contributed by atoms with Crippen molar-refractivity contribution in [2.24, 2.45) is 0 Å². The second-order valence-corrected chi connectivity index (χ2v) is 4.22. The first kappa shape index (κ1) is 11.6. The van der Waals surface area contributed by atoms with Gasteiger partial charge in [0.2, 0.25) is 0 Å². The summed E-state index contributed by atoms with van der Waals surface area (Å²) in [5.74, 6) is -1.12. The molecule has 0 bridgehead atoms. The molecule has 0 saturated heterocycles. The van der Waals surface area contributed by atoms with E-state index >= 15 is 0 Å². The highest BCUT2D eigenvalue weighted by Crippen LogP contribution is 2.32. The fraction of sp³-hybridized carbons (Fsp3) is 0.111. The summed E-state index contributed by atoms with van der Waals surface area (Å²) in [6.45, 7) is 0. The zero-order chi connectivity index (χ0) is 12.6. The largest absolute Gasteiger partial charge is 0.477 e. The van der Waals surface area contributed by atoms with Crippen molar-refractivity contribution in [3.05, 3.63) is 28.8 Å². The first-order chi connectivity index (χ1) is 7.88. The number of aromatic carboxylic acids is 1. The van der Waals surface area contributed by atoms with Crippen molar-refractivity contribution >= 4 is 17.3 Å². The van der Waals surface area contributed by atoms with E-state index < -0.39 is 17.8 Å². The Morgan fingerprint density at radius 3 is 2.59 bits per heavy atom. The van der Waals surface area contributed by atoms with Crippen LogP contribution in [-0.2, 0) is 6.18 Å². The zero-order valence-corrected chi connectivity index (χ0v) is 8.89. The van der Waals surface area contributed by atoms with Gasteiger partial charge in [-0.1, -0.05) is 0 Å². The van der Waals surface area contributed by atoms with E-state index in [1.165, 1.54) is 12.1 Å². The van der Waals surface area contributed by atoms with Gasteiger partial charge in [-0.3, -0.25) is 5.10 Å². The topological polar surface area (TPSA) is 66.0 Å². The molecule has 0 atom stereocenters. The fourth-order valence-electron chi connectivity index (χ4n) is 1.18. The molecule has 4 nitrogen and oxygen atoms in total. The second-order valence-electron chi connectivity index (χ2n) is 3.13. The molecule has 90 valence electrons. The lowest BCUT2D eigenvalue weighted by Gasteiger charge is -1.99. The van der Waals surface area contributed by atoms with Crippen molar-refractivity contribution in [3.63, 3.8) is 0 Å². The molecule has 0 amide bonds. The molecule has 0 unspecified atom stereocenters. The summed E-state index contributed by atoms with van der Waals surface area (Å²) in [4.78, 5) is 11.0. The van der Waals surface area contributed by atoms with Crippen LogP contribution in [0.5, 0.6) is 0 Å². The van der Waals surface area contributed by atoms with Gasteiger partial charge >= 0.3 is 12.1 Å². The molecule has 2 rings (SSSR count). The van der Waals surface area contributed by atoms with Crippen LogP contribution in [0.3, 0.4) is 0 Å². The van der Waals surface area contributed by atoms with Crippen LogP contribution in [-0.4, -0.2) is 21.3 Å². The predicted molar refractivity (Wildman–Crippen MR) is 53.9 cm³/mol. The number of halogens is 3. The molecular formula is C9H5F3N2O2S. The molecule has 8 heteroatoms. The molecule has 2 aromatic rings. The van der Waals surface area contributed by atoms with Crippen LogP contribution in [0, 0.1) is 0 Å².